The smallest absolute Gasteiger partial charge is 0.164 e. The number of aromatic nitrogens is 3. The summed E-state index contributed by atoms with van der Waals surface area (Å²) in [5.41, 5.74) is 5.32. The Balaban J connectivity index is 1.20. The van der Waals surface area contributed by atoms with Crippen molar-refractivity contribution in [2.45, 2.75) is 0 Å². The number of nitrogens with zero attached hydrogens (tertiary/aromatic N) is 3. The molecule has 0 aliphatic rings. The van der Waals surface area contributed by atoms with Crippen molar-refractivity contribution in [3.8, 4) is 45.3 Å². The molecule has 0 N–H and O–H groups in total. The molecule has 0 fully saturated rings. The summed E-state index contributed by atoms with van der Waals surface area (Å²) in [6, 6.07) is 62.6. The number of rotatable bonds is 4. The molecule has 0 aliphatic heterocycles. The van der Waals surface area contributed by atoms with E-state index in [0.717, 1.165) is 22.1 Å². The highest BCUT2D eigenvalue weighted by molar-refractivity contribution is 7.27. The van der Waals surface area contributed by atoms with Gasteiger partial charge in [-0.3, -0.25) is 0 Å². The van der Waals surface area contributed by atoms with Crippen molar-refractivity contribution in [3.05, 3.63) is 176 Å². The molecule has 0 unspecified atom stereocenters. The van der Waals surface area contributed by atoms with Gasteiger partial charge in [-0.15, -0.1) is 11.3 Å². The topological polar surface area (TPSA) is 38.7 Å². The first-order valence-electron chi connectivity index (χ1n) is 17.9. The van der Waals surface area contributed by atoms with Crippen LogP contribution in [0, 0.1) is 0 Å². The fourth-order valence-corrected chi connectivity index (χ4v) is 9.22. The summed E-state index contributed by atoms with van der Waals surface area (Å²) in [6.45, 7) is 0. The maximum Gasteiger partial charge on any atom is 0.164 e. The summed E-state index contributed by atoms with van der Waals surface area (Å²) in [5, 5.41) is 12.1. The minimum absolute atomic E-state index is 0.652. The highest BCUT2D eigenvalue weighted by Gasteiger charge is 2.21. The molecule has 3 nitrogen and oxygen atoms in total. The largest absolute Gasteiger partial charge is 0.208 e. The van der Waals surface area contributed by atoms with Crippen molar-refractivity contribution in [2.24, 2.45) is 0 Å². The molecule has 2 aromatic heterocycles. The average Bonchev–Trinajstić information content (AvgIpc) is 3.64. The van der Waals surface area contributed by atoms with Gasteiger partial charge in [-0.1, -0.05) is 152 Å². The highest BCUT2D eigenvalue weighted by atomic mass is 32.1. The molecule has 11 aromatic rings. The van der Waals surface area contributed by atoms with Gasteiger partial charge in [0, 0.05) is 42.2 Å². The number of hydrogen-bond acceptors (Lipinski definition) is 4. The normalized spacial score (nSPS) is 11.8. The Morgan fingerprint density at radius 3 is 1.58 bits per heavy atom. The number of fused-ring (bicyclic) bond motifs is 10. The third-order valence-electron chi connectivity index (χ3n) is 10.5. The second-order valence-corrected chi connectivity index (χ2v) is 14.6. The van der Waals surface area contributed by atoms with Gasteiger partial charge >= 0.3 is 0 Å². The van der Waals surface area contributed by atoms with E-state index in [2.05, 4.69) is 158 Å². The van der Waals surface area contributed by atoms with Gasteiger partial charge in [0.2, 0.25) is 0 Å². The predicted octanol–water partition coefficient (Wildman–Crippen LogP) is 13.5. The van der Waals surface area contributed by atoms with E-state index in [4.69, 9.17) is 15.0 Å². The van der Waals surface area contributed by atoms with E-state index in [9.17, 15) is 0 Å². The quantitative estimate of drug-likeness (QED) is 0.172. The summed E-state index contributed by atoms with van der Waals surface area (Å²) >= 11 is 1.86. The molecule has 0 amide bonds. The van der Waals surface area contributed by atoms with E-state index in [1.807, 2.05) is 29.5 Å². The van der Waals surface area contributed by atoms with Crippen LogP contribution in [0.5, 0.6) is 0 Å². The molecule has 246 valence electrons. The Labute approximate surface area is 309 Å². The molecule has 53 heavy (non-hydrogen) atoms. The van der Waals surface area contributed by atoms with E-state index in [0.29, 0.717) is 17.5 Å². The van der Waals surface area contributed by atoms with E-state index in [1.54, 1.807) is 0 Å². The van der Waals surface area contributed by atoms with Crippen LogP contribution in [0.2, 0.25) is 0 Å². The lowest BCUT2D eigenvalue weighted by Crippen LogP contribution is -2.00. The molecule has 0 bridgehead atoms. The SMILES string of the molecule is c1ccc(-c2ccc3cc(-c4nc(-c5ccccc5)nc(-c5cc6ccc7ccccc7c6c6sc7ccc8ccccc8c7c56)n4)ccc3c2)cc1. The third kappa shape index (κ3) is 4.91. The lowest BCUT2D eigenvalue weighted by atomic mass is 9.94. The van der Waals surface area contributed by atoms with Gasteiger partial charge in [0.15, 0.2) is 17.5 Å². The predicted molar refractivity (Wildman–Crippen MR) is 224 cm³/mol. The van der Waals surface area contributed by atoms with Gasteiger partial charge in [-0.25, -0.2) is 15.0 Å². The zero-order valence-corrected chi connectivity index (χ0v) is 29.3. The zero-order valence-electron chi connectivity index (χ0n) is 28.5. The molecule has 0 saturated heterocycles. The fourth-order valence-electron chi connectivity index (χ4n) is 7.90. The van der Waals surface area contributed by atoms with Crippen LogP contribution in [0.3, 0.4) is 0 Å². The summed E-state index contributed by atoms with van der Waals surface area (Å²) in [7, 11) is 0. The van der Waals surface area contributed by atoms with Gasteiger partial charge in [0.05, 0.1) is 0 Å². The third-order valence-corrected chi connectivity index (χ3v) is 11.6. The van der Waals surface area contributed by atoms with Crippen LogP contribution >= 0.6 is 11.3 Å². The Morgan fingerprint density at radius 1 is 0.321 bits per heavy atom. The highest BCUT2D eigenvalue weighted by Crippen LogP contribution is 2.48. The molecule has 0 aliphatic carbocycles. The Bertz CT molecular complexity index is 3220. The minimum Gasteiger partial charge on any atom is -0.208 e. The van der Waals surface area contributed by atoms with Gasteiger partial charge in [0.1, 0.15) is 0 Å². The monoisotopic (exact) mass is 691 g/mol. The maximum absolute atomic E-state index is 5.34. The Kier molecular flexibility index (Phi) is 6.73. The van der Waals surface area contributed by atoms with Gasteiger partial charge in [-0.05, 0) is 73.1 Å². The standard InChI is InChI=1S/C49H29N3S/c1-3-11-30(12-4-1)34-20-21-36-28-38(24-22-35(36)27-34)48-50-47(33-15-5-2-6-16-33)51-49(52-48)41-29-37-23-19-31-13-7-9-17-39(31)43(37)46-45(41)44-40-18-10-8-14-32(40)25-26-42(44)53-46/h1-29H. The van der Waals surface area contributed by atoms with E-state index < -0.39 is 0 Å². The van der Waals surface area contributed by atoms with Crippen LogP contribution in [0.15, 0.2) is 176 Å². The van der Waals surface area contributed by atoms with Crippen LogP contribution in [0.4, 0.5) is 0 Å². The van der Waals surface area contributed by atoms with Crippen LogP contribution < -0.4 is 0 Å². The fraction of sp³-hybridized carbons (Fsp3) is 0. The molecular weight excluding hydrogens is 663 g/mol. The van der Waals surface area contributed by atoms with Crippen molar-refractivity contribution in [1.82, 2.24) is 15.0 Å². The van der Waals surface area contributed by atoms with Gasteiger partial charge in [-0.2, -0.15) is 0 Å². The van der Waals surface area contributed by atoms with Crippen molar-refractivity contribution in [1.29, 1.82) is 0 Å². The summed E-state index contributed by atoms with van der Waals surface area (Å²) in [6.07, 6.45) is 0. The van der Waals surface area contributed by atoms with E-state index >= 15 is 0 Å². The molecule has 0 radical (unpaired) electrons. The summed E-state index contributed by atoms with van der Waals surface area (Å²) in [5.74, 6) is 1.97. The molecule has 0 atom stereocenters. The number of hydrogen-bond donors (Lipinski definition) is 0. The first kappa shape index (κ1) is 29.9. The van der Waals surface area contributed by atoms with Crippen molar-refractivity contribution in [2.75, 3.05) is 0 Å². The van der Waals surface area contributed by atoms with Gasteiger partial charge in [0.25, 0.3) is 0 Å². The Hall–Kier alpha value is -6.75. The lowest BCUT2D eigenvalue weighted by molar-refractivity contribution is 1.08. The molecule has 11 rings (SSSR count). The second-order valence-electron chi connectivity index (χ2n) is 13.6. The van der Waals surface area contributed by atoms with Crippen molar-refractivity contribution < 1.29 is 0 Å². The van der Waals surface area contributed by atoms with Gasteiger partial charge < -0.3 is 0 Å². The number of thiophene rings is 1. The molecular formula is C49H29N3S. The Morgan fingerprint density at radius 2 is 0.849 bits per heavy atom. The van der Waals surface area contributed by atoms with E-state index in [1.165, 1.54) is 69.0 Å². The van der Waals surface area contributed by atoms with Crippen LogP contribution in [-0.2, 0) is 0 Å². The van der Waals surface area contributed by atoms with E-state index in [-0.39, 0.29) is 0 Å². The van der Waals surface area contributed by atoms with Crippen molar-refractivity contribution in [3.63, 3.8) is 0 Å². The molecule has 9 aromatic carbocycles. The second kappa shape index (κ2) is 11.9. The zero-order chi connectivity index (χ0) is 34.9. The van der Waals surface area contributed by atoms with Crippen LogP contribution in [0.1, 0.15) is 0 Å². The number of benzene rings is 9. The molecule has 0 saturated carbocycles. The summed E-state index contributed by atoms with van der Waals surface area (Å²) < 4.78 is 2.51. The van der Waals surface area contributed by atoms with Crippen LogP contribution in [0.25, 0.3) is 109 Å². The van der Waals surface area contributed by atoms with Crippen LogP contribution in [-0.4, -0.2) is 15.0 Å². The molecule has 0 spiro atoms. The first-order chi connectivity index (χ1) is 26.2. The van der Waals surface area contributed by atoms with Crippen molar-refractivity contribution >= 4 is 74.6 Å². The summed E-state index contributed by atoms with van der Waals surface area (Å²) in [4.78, 5) is 15.7. The molecule has 2 heterocycles. The first-order valence-corrected chi connectivity index (χ1v) is 18.7. The lowest BCUT2D eigenvalue weighted by Gasteiger charge is -2.13. The molecule has 4 heteroatoms. The minimum atomic E-state index is 0.652. The maximum atomic E-state index is 5.34. The average molecular weight is 692 g/mol.